The lowest BCUT2D eigenvalue weighted by Gasteiger charge is -2.59. The summed E-state index contributed by atoms with van der Waals surface area (Å²) in [5.74, 6) is -0.831. The molecule has 0 aromatic heterocycles. The van der Waals surface area contributed by atoms with Crippen LogP contribution < -0.4 is 5.32 Å². The van der Waals surface area contributed by atoms with E-state index >= 15 is 0 Å². The molecule has 1 aliphatic carbocycles. The summed E-state index contributed by atoms with van der Waals surface area (Å²) in [6.45, 7) is 6.65. The van der Waals surface area contributed by atoms with Crippen molar-refractivity contribution < 1.29 is 33.6 Å². The molecule has 36 heavy (non-hydrogen) atoms. The van der Waals surface area contributed by atoms with Crippen LogP contribution in [0.15, 0.2) is 24.3 Å². The Morgan fingerprint density at radius 2 is 1.86 bits per heavy atom. The largest absolute Gasteiger partial charge is 0.435 e. The minimum absolute atomic E-state index is 0.0162. The second-order valence-corrected chi connectivity index (χ2v) is 11.4. The van der Waals surface area contributed by atoms with Crippen LogP contribution in [0.3, 0.4) is 0 Å². The van der Waals surface area contributed by atoms with Crippen molar-refractivity contribution >= 4 is 23.5 Å². The van der Waals surface area contributed by atoms with Crippen LogP contribution in [0.4, 0.5) is 0 Å². The highest BCUT2D eigenvalue weighted by molar-refractivity contribution is 6.30. The Balaban J connectivity index is 1.15. The number of benzene rings is 1. The van der Waals surface area contributed by atoms with Gasteiger partial charge in [-0.05, 0) is 62.1 Å². The Hall–Kier alpha value is -1.71. The lowest BCUT2D eigenvalue weighted by atomic mass is 9.58. The standard InChI is InChI=1S/C27H36ClNO7/c1-16-4-9-21-17(2)24(33-25-27(21)20(16)12-14-26(3,34-25)35-36-27)32-23(31)11-10-22(30)29-15-13-18-5-7-19(28)8-6-18/h5-8,16-17,20-21,24-25H,4,9-15H2,1-3H3,(H,29,30)/t16-,17-,20+,21-,24+,25-,26-,27-/m1/s1. The summed E-state index contributed by atoms with van der Waals surface area (Å²) in [4.78, 5) is 36.8. The first-order valence-corrected chi connectivity index (χ1v) is 13.5. The monoisotopic (exact) mass is 521 g/mol. The molecule has 4 saturated heterocycles. The Bertz CT molecular complexity index is 973. The molecule has 2 bridgehead atoms. The topological polar surface area (TPSA) is 92.3 Å². The van der Waals surface area contributed by atoms with Crippen LogP contribution in [0.25, 0.3) is 0 Å². The van der Waals surface area contributed by atoms with Crippen LogP contribution in [-0.2, 0) is 40.0 Å². The van der Waals surface area contributed by atoms with Crippen molar-refractivity contribution in [1.29, 1.82) is 0 Å². The molecule has 198 valence electrons. The molecular formula is C27H36ClNO7. The smallest absolute Gasteiger partial charge is 0.308 e. The van der Waals surface area contributed by atoms with Gasteiger partial charge in [0.1, 0.15) is 0 Å². The fourth-order valence-corrected chi connectivity index (χ4v) is 6.62. The van der Waals surface area contributed by atoms with Gasteiger partial charge < -0.3 is 19.5 Å². The SMILES string of the molecule is C[C@H]1[C@@H](OC(=O)CCC(=O)NCCc2ccc(Cl)cc2)O[C@@H]2O[C@@]3(C)CC[C@H]4[C@H](C)CC[C@H]1[C@@]24OO3. The van der Waals surface area contributed by atoms with Crippen molar-refractivity contribution in [2.45, 2.75) is 89.7 Å². The van der Waals surface area contributed by atoms with E-state index in [0.29, 0.717) is 23.9 Å². The Morgan fingerprint density at radius 1 is 1.08 bits per heavy atom. The third-order valence-electron chi connectivity index (χ3n) is 8.55. The van der Waals surface area contributed by atoms with Crippen LogP contribution in [0.2, 0.25) is 5.02 Å². The molecule has 1 saturated carbocycles. The van der Waals surface area contributed by atoms with E-state index in [2.05, 4.69) is 12.2 Å². The molecule has 1 aromatic rings. The normalized spacial score (nSPS) is 39.1. The second kappa shape index (κ2) is 10.2. The van der Waals surface area contributed by atoms with Gasteiger partial charge in [0.15, 0.2) is 11.9 Å². The lowest BCUT2D eigenvalue weighted by molar-refractivity contribution is -0.576. The molecule has 1 spiro atoms. The highest BCUT2D eigenvalue weighted by Crippen LogP contribution is 2.60. The molecular weight excluding hydrogens is 486 g/mol. The van der Waals surface area contributed by atoms with E-state index < -0.39 is 29.9 Å². The van der Waals surface area contributed by atoms with E-state index in [1.165, 1.54) is 0 Å². The number of esters is 1. The summed E-state index contributed by atoms with van der Waals surface area (Å²) in [6.07, 6.45) is 2.97. The summed E-state index contributed by atoms with van der Waals surface area (Å²) < 4.78 is 18.3. The van der Waals surface area contributed by atoms with Crippen molar-refractivity contribution in [2.75, 3.05) is 6.54 Å². The van der Waals surface area contributed by atoms with Gasteiger partial charge in [0.2, 0.25) is 18.0 Å². The maximum atomic E-state index is 12.7. The van der Waals surface area contributed by atoms with Crippen molar-refractivity contribution in [1.82, 2.24) is 5.32 Å². The molecule has 1 amide bonds. The van der Waals surface area contributed by atoms with E-state index in [0.717, 1.165) is 31.2 Å². The molecule has 6 rings (SSSR count). The molecule has 4 heterocycles. The highest BCUT2D eigenvalue weighted by atomic mass is 35.5. The molecule has 5 fully saturated rings. The summed E-state index contributed by atoms with van der Waals surface area (Å²) >= 11 is 5.90. The number of rotatable bonds is 7. The van der Waals surface area contributed by atoms with Crippen LogP contribution >= 0.6 is 11.6 Å². The molecule has 0 radical (unpaired) electrons. The van der Waals surface area contributed by atoms with E-state index in [9.17, 15) is 9.59 Å². The molecule has 1 aromatic carbocycles. The van der Waals surface area contributed by atoms with Crippen molar-refractivity contribution in [2.24, 2.45) is 23.7 Å². The third-order valence-corrected chi connectivity index (χ3v) is 8.80. The number of ether oxygens (including phenoxy) is 3. The summed E-state index contributed by atoms with van der Waals surface area (Å²) in [6, 6.07) is 7.50. The van der Waals surface area contributed by atoms with Gasteiger partial charge >= 0.3 is 5.97 Å². The van der Waals surface area contributed by atoms with Crippen LogP contribution in [0.5, 0.6) is 0 Å². The van der Waals surface area contributed by atoms with E-state index in [1.54, 1.807) is 0 Å². The van der Waals surface area contributed by atoms with Crippen molar-refractivity contribution in [3.63, 3.8) is 0 Å². The molecule has 9 heteroatoms. The third kappa shape index (κ3) is 4.90. The van der Waals surface area contributed by atoms with E-state index in [-0.39, 0.29) is 36.5 Å². The second-order valence-electron chi connectivity index (χ2n) is 11.0. The Morgan fingerprint density at radius 3 is 2.64 bits per heavy atom. The number of carbonyl (C=O) groups is 2. The molecule has 1 N–H and O–H groups in total. The van der Waals surface area contributed by atoms with Crippen molar-refractivity contribution in [3.05, 3.63) is 34.9 Å². The maximum Gasteiger partial charge on any atom is 0.308 e. The summed E-state index contributed by atoms with van der Waals surface area (Å²) in [5.41, 5.74) is 0.386. The number of nitrogens with one attached hydrogen (secondary N) is 1. The molecule has 5 aliphatic rings. The minimum Gasteiger partial charge on any atom is -0.435 e. The van der Waals surface area contributed by atoms with Crippen LogP contribution in [0.1, 0.15) is 64.9 Å². The minimum atomic E-state index is -0.878. The van der Waals surface area contributed by atoms with Crippen LogP contribution in [0, 0.1) is 23.7 Å². The van der Waals surface area contributed by atoms with Gasteiger partial charge in [0.05, 0.1) is 6.42 Å². The van der Waals surface area contributed by atoms with Gasteiger partial charge in [0.25, 0.3) is 0 Å². The van der Waals surface area contributed by atoms with Gasteiger partial charge in [-0.1, -0.05) is 37.6 Å². The highest BCUT2D eigenvalue weighted by Gasteiger charge is 2.69. The molecule has 4 aliphatic heterocycles. The zero-order valence-corrected chi connectivity index (χ0v) is 21.9. The first kappa shape index (κ1) is 25.9. The summed E-state index contributed by atoms with van der Waals surface area (Å²) in [7, 11) is 0. The van der Waals surface area contributed by atoms with Gasteiger partial charge in [-0.15, -0.1) is 0 Å². The summed E-state index contributed by atoms with van der Waals surface area (Å²) in [5, 5.41) is 3.53. The zero-order valence-electron chi connectivity index (χ0n) is 21.2. The number of hydrogen-bond acceptors (Lipinski definition) is 7. The van der Waals surface area contributed by atoms with Gasteiger partial charge in [0, 0.05) is 36.2 Å². The maximum absolute atomic E-state index is 12.7. The molecule has 0 unspecified atom stereocenters. The predicted molar refractivity (Wildman–Crippen MR) is 130 cm³/mol. The van der Waals surface area contributed by atoms with Gasteiger partial charge in [-0.3, -0.25) is 9.59 Å². The van der Waals surface area contributed by atoms with Crippen molar-refractivity contribution in [3.8, 4) is 0 Å². The fraction of sp³-hybridized carbons (Fsp3) is 0.704. The lowest BCUT2D eigenvalue weighted by Crippen LogP contribution is -2.70. The predicted octanol–water partition coefficient (Wildman–Crippen LogP) is 4.53. The van der Waals surface area contributed by atoms with Gasteiger partial charge in [-0.2, -0.15) is 0 Å². The Kier molecular flexibility index (Phi) is 7.36. The number of amides is 1. The first-order valence-electron chi connectivity index (χ1n) is 13.1. The first-order chi connectivity index (χ1) is 17.2. The van der Waals surface area contributed by atoms with E-state index in [4.69, 9.17) is 35.6 Å². The average Bonchev–Trinajstić information content (AvgIpc) is 3.08. The Labute approximate surface area is 217 Å². The number of carbonyl (C=O) groups excluding carboxylic acids is 2. The molecule has 8 nitrogen and oxygen atoms in total. The number of halogens is 1. The van der Waals surface area contributed by atoms with Crippen LogP contribution in [-0.4, -0.2) is 42.4 Å². The quantitative estimate of drug-likeness (QED) is 0.416. The van der Waals surface area contributed by atoms with Gasteiger partial charge in [-0.25, -0.2) is 9.78 Å². The number of fused-ring (bicyclic) bond motifs is 2. The zero-order chi connectivity index (χ0) is 25.5. The fourth-order valence-electron chi connectivity index (χ4n) is 6.50. The average molecular weight is 522 g/mol. The molecule has 8 atom stereocenters. The number of hydrogen-bond donors (Lipinski definition) is 1. The van der Waals surface area contributed by atoms with E-state index in [1.807, 2.05) is 38.1 Å².